The van der Waals surface area contributed by atoms with Crippen molar-refractivity contribution in [3.05, 3.63) is 47.2 Å². The molecule has 25 heavy (non-hydrogen) atoms. The molecule has 0 radical (unpaired) electrons. The number of carbonyl (C=O) groups is 1. The van der Waals surface area contributed by atoms with Crippen LogP contribution in [0.5, 0.6) is 5.75 Å². The molecular formula is C15H9ClF3N3O3. The van der Waals surface area contributed by atoms with E-state index in [0.29, 0.717) is 17.1 Å². The van der Waals surface area contributed by atoms with Gasteiger partial charge in [-0.05, 0) is 18.2 Å². The van der Waals surface area contributed by atoms with Crippen LogP contribution in [0.4, 0.5) is 18.0 Å². The molecule has 0 saturated carbocycles. The second kappa shape index (κ2) is 6.25. The van der Waals surface area contributed by atoms with Crippen LogP contribution in [-0.2, 0) is 10.9 Å². The Bertz CT molecular complexity index is 956. The summed E-state index contributed by atoms with van der Waals surface area (Å²) in [6.07, 6.45) is -3.31. The van der Waals surface area contributed by atoms with E-state index in [1.165, 1.54) is 23.0 Å². The quantitative estimate of drug-likeness (QED) is 0.498. The third kappa shape index (κ3) is 3.36. The molecule has 2 heterocycles. The fourth-order valence-electron chi connectivity index (χ4n) is 2.11. The van der Waals surface area contributed by atoms with Crippen LogP contribution in [0.15, 0.2) is 36.7 Å². The topological polar surface area (TPSA) is 66.2 Å². The zero-order valence-corrected chi connectivity index (χ0v) is 13.3. The Morgan fingerprint density at radius 3 is 2.64 bits per heavy atom. The normalized spacial score (nSPS) is 11.6. The number of nitrogens with zero attached hydrogens (tertiary/aromatic N) is 3. The van der Waals surface area contributed by atoms with E-state index in [1.807, 2.05) is 0 Å². The number of hydrogen-bond donors (Lipinski definition) is 0. The zero-order valence-electron chi connectivity index (χ0n) is 12.5. The number of fused-ring (bicyclic) bond motifs is 1. The minimum absolute atomic E-state index is 0.0138. The van der Waals surface area contributed by atoms with Crippen molar-refractivity contribution in [2.24, 2.45) is 0 Å². The Morgan fingerprint density at radius 2 is 2.00 bits per heavy atom. The first-order chi connectivity index (χ1) is 11.8. The Balaban J connectivity index is 2.06. The molecule has 0 amide bonds. The van der Waals surface area contributed by atoms with Crippen LogP contribution in [0.1, 0.15) is 5.56 Å². The molecule has 3 aromatic rings. The first kappa shape index (κ1) is 17.0. The largest absolute Gasteiger partial charge is 0.513 e. The second-order valence-corrected chi connectivity index (χ2v) is 5.27. The summed E-state index contributed by atoms with van der Waals surface area (Å²) in [5.41, 5.74) is -0.525. The van der Waals surface area contributed by atoms with Gasteiger partial charge in [0, 0.05) is 17.6 Å². The maximum atomic E-state index is 12.7. The van der Waals surface area contributed by atoms with Gasteiger partial charge in [-0.3, -0.25) is 0 Å². The molecule has 0 aliphatic carbocycles. The van der Waals surface area contributed by atoms with E-state index in [1.54, 1.807) is 6.07 Å². The highest BCUT2D eigenvalue weighted by atomic mass is 35.5. The van der Waals surface area contributed by atoms with E-state index < -0.39 is 17.9 Å². The number of ether oxygens (including phenoxy) is 2. The predicted molar refractivity (Wildman–Crippen MR) is 81.9 cm³/mol. The molecule has 0 spiro atoms. The third-order valence-electron chi connectivity index (χ3n) is 3.26. The van der Waals surface area contributed by atoms with E-state index >= 15 is 0 Å². The zero-order chi connectivity index (χ0) is 18.2. The summed E-state index contributed by atoms with van der Waals surface area (Å²) in [6.45, 7) is 0. The fraction of sp³-hybridized carbons (Fsp3) is 0.133. The molecule has 6 nitrogen and oxygen atoms in total. The van der Waals surface area contributed by atoms with Gasteiger partial charge >= 0.3 is 12.3 Å². The molecule has 3 rings (SSSR count). The van der Waals surface area contributed by atoms with Crippen LogP contribution >= 0.6 is 11.6 Å². The fourth-order valence-corrected chi connectivity index (χ4v) is 2.36. The Labute approximate surface area is 143 Å². The summed E-state index contributed by atoms with van der Waals surface area (Å²) in [5.74, 6) is 0.184. The number of alkyl halides is 3. The van der Waals surface area contributed by atoms with Gasteiger partial charge in [0.2, 0.25) is 0 Å². The monoisotopic (exact) mass is 371 g/mol. The number of rotatable bonds is 2. The van der Waals surface area contributed by atoms with Crippen molar-refractivity contribution in [1.29, 1.82) is 0 Å². The van der Waals surface area contributed by atoms with Gasteiger partial charge < -0.3 is 9.47 Å². The van der Waals surface area contributed by atoms with Gasteiger partial charge in [0.25, 0.3) is 0 Å². The number of hydrogen-bond acceptors (Lipinski definition) is 5. The maximum Gasteiger partial charge on any atom is 0.513 e. The van der Waals surface area contributed by atoms with Crippen molar-refractivity contribution in [3.63, 3.8) is 0 Å². The van der Waals surface area contributed by atoms with Gasteiger partial charge in [0.05, 0.1) is 29.4 Å². The van der Waals surface area contributed by atoms with Crippen LogP contribution in [0, 0.1) is 0 Å². The van der Waals surface area contributed by atoms with Crippen LogP contribution in [0.25, 0.3) is 16.7 Å². The lowest BCUT2D eigenvalue weighted by Crippen LogP contribution is -2.09. The van der Waals surface area contributed by atoms with Crippen molar-refractivity contribution < 1.29 is 27.4 Å². The molecule has 0 atom stereocenters. The molecule has 0 N–H and O–H groups in total. The molecule has 0 unspecified atom stereocenters. The van der Waals surface area contributed by atoms with Gasteiger partial charge in [-0.1, -0.05) is 11.6 Å². The summed E-state index contributed by atoms with van der Waals surface area (Å²) in [5, 5.41) is 4.50. The number of carbonyl (C=O) groups excluding carboxylic acids is 1. The van der Waals surface area contributed by atoms with E-state index in [9.17, 15) is 18.0 Å². The van der Waals surface area contributed by atoms with Gasteiger partial charge in [-0.25, -0.2) is 14.5 Å². The number of methoxy groups -OCH3 is 1. The Kier molecular flexibility index (Phi) is 4.25. The second-order valence-electron chi connectivity index (χ2n) is 4.86. The Morgan fingerprint density at radius 1 is 1.24 bits per heavy atom. The lowest BCUT2D eigenvalue weighted by molar-refractivity contribution is -0.137. The smallest absolute Gasteiger partial charge is 0.437 e. The van der Waals surface area contributed by atoms with Gasteiger partial charge in [0.1, 0.15) is 5.75 Å². The molecule has 0 saturated heterocycles. The van der Waals surface area contributed by atoms with E-state index in [4.69, 9.17) is 16.3 Å². The average molecular weight is 372 g/mol. The molecule has 0 fully saturated rings. The van der Waals surface area contributed by atoms with Crippen LogP contribution in [0.3, 0.4) is 0 Å². The summed E-state index contributed by atoms with van der Waals surface area (Å²) in [6, 6.07) is 5.38. The van der Waals surface area contributed by atoms with E-state index in [-0.39, 0.29) is 16.6 Å². The van der Waals surface area contributed by atoms with Crippen LogP contribution in [-0.4, -0.2) is 28.0 Å². The number of pyridine rings is 1. The molecule has 0 aliphatic rings. The lowest BCUT2D eigenvalue weighted by Gasteiger charge is -2.10. The number of aromatic nitrogens is 3. The maximum absolute atomic E-state index is 12.7. The molecule has 10 heteroatoms. The molecule has 0 aliphatic heterocycles. The minimum atomic E-state index is -4.55. The van der Waals surface area contributed by atoms with Crippen molar-refractivity contribution in [1.82, 2.24) is 14.8 Å². The van der Waals surface area contributed by atoms with Gasteiger partial charge in [-0.15, -0.1) is 0 Å². The molecule has 130 valence electrons. The highest BCUT2D eigenvalue weighted by Gasteiger charge is 2.31. The van der Waals surface area contributed by atoms with E-state index in [2.05, 4.69) is 14.8 Å². The summed E-state index contributed by atoms with van der Waals surface area (Å²) < 4.78 is 48.7. The lowest BCUT2D eigenvalue weighted by atomic mass is 10.2. The SMILES string of the molecule is COC(=O)Oc1ccc2cnn(-c3ncc(C(F)(F)F)cc3Cl)c2c1. The van der Waals surface area contributed by atoms with Gasteiger partial charge in [0.15, 0.2) is 5.82 Å². The van der Waals surface area contributed by atoms with Crippen molar-refractivity contribution in [3.8, 4) is 11.6 Å². The first-order valence-corrected chi connectivity index (χ1v) is 7.14. The van der Waals surface area contributed by atoms with Gasteiger partial charge in [-0.2, -0.15) is 18.3 Å². The summed E-state index contributed by atoms with van der Waals surface area (Å²) >= 11 is 5.95. The molecule has 1 aromatic carbocycles. The third-order valence-corrected chi connectivity index (χ3v) is 3.54. The molecule has 0 bridgehead atoms. The number of halogens is 4. The predicted octanol–water partition coefficient (Wildman–Crippen LogP) is 4.24. The summed E-state index contributed by atoms with van der Waals surface area (Å²) in [7, 11) is 1.16. The first-order valence-electron chi connectivity index (χ1n) is 6.76. The Hall–Kier alpha value is -2.81. The highest BCUT2D eigenvalue weighted by Crippen LogP contribution is 2.33. The average Bonchev–Trinajstić information content (AvgIpc) is 2.97. The van der Waals surface area contributed by atoms with Crippen LogP contribution in [0.2, 0.25) is 5.02 Å². The van der Waals surface area contributed by atoms with Crippen molar-refractivity contribution in [2.45, 2.75) is 6.18 Å². The van der Waals surface area contributed by atoms with Crippen molar-refractivity contribution >= 4 is 28.7 Å². The van der Waals surface area contributed by atoms with E-state index in [0.717, 1.165) is 13.2 Å². The standard InChI is InChI=1S/C15H9ClF3N3O3/c1-24-14(23)25-10-3-2-8-6-21-22(12(8)5-10)13-11(16)4-9(7-20-13)15(17,18)19/h2-7H,1H3. The summed E-state index contributed by atoms with van der Waals surface area (Å²) in [4.78, 5) is 14.9. The number of benzene rings is 1. The van der Waals surface area contributed by atoms with Crippen LogP contribution < -0.4 is 4.74 Å². The minimum Gasteiger partial charge on any atom is -0.437 e. The highest BCUT2D eigenvalue weighted by molar-refractivity contribution is 6.32. The molecular weight excluding hydrogens is 363 g/mol. The molecule has 2 aromatic heterocycles. The van der Waals surface area contributed by atoms with Crippen molar-refractivity contribution in [2.75, 3.05) is 7.11 Å².